The van der Waals surface area contributed by atoms with E-state index in [0.717, 1.165) is 16.5 Å². The van der Waals surface area contributed by atoms with Crippen molar-refractivity contribution in [2.24, 2.45) is 0 Å². The molecule has 0 atom stereocenters. The Morgan fingerprint density at radius 2 is 1.77 bits per heavy atom. The zero-order chi connectivity index (χ0) is 21.1. The Kier molecular flexibility index (Phi) is 5.30. The van der Waals surface area contributed by atoms with Crippen LogP contribution in [-0.2, 0) is 4.79 Å². The highest BCUT2D eigenvalue weighted by atomic mass is 19.1. The second kappa shape index (κ2) is 8.21. The van der Waals surface area contributed by atoms with Crippen LogP contribution < -0.4 is 15.7 Å². The summed E-state index contributed by atoms with van der Waals surface area (Å²) < 4.78 is 24.7. The minimum atomic E-state index is -0.525. The van der Waals surface area contributed by atoms with Crippen LogP contribution >= 0.6 is 0 Å². The van der Waals surface area contributed by atoms with Crippen molar-refractivity contribution in [2.45, 2.75) is 6.92 Å². The Labute approximate surface area is 171 Å². The van der Waals surface area contributed by atoms with Gasteiger partial charge in [0.25, 0.3) is 5.91 Å². The molecule has 0 radical (unpaired) electrons. The van der Waals surface area contributed by atoms with E-state index in [0.29, 0.717) is 16.9 Å². The number of para-hydroxylation sites is 1. The molecule has 150 valence electrons. The van der Waals surface area contributed by atoms with Gasteiger partial charge in [-0.3, -0.25) is 4.79 Å². The zero-order valence-corrected chi connectivity index (χ0v) is 16.1. The summed E-state index contributed by atoms with van der Waals surface area (Å²) in [6.45, 7) is 1.44. The third kappa shape index (κ3) is 3.93. The number of nitrogens with one attached hydrogen (secondary N) is 1. The molecule has 0 aliphatic carbocycles. The van der Waals surface area contributed by atoms with Crippen LogP contribution in [0.2, 0.25) is 0 Å². The summed E-state index contributed by atoms with van der Waals surface area (Å²) >= 11 is 0. The standard InChI is InChI=1S/C24H18FNO4/c1-15-21(29-14-22(27)26-20-10-6-5-9-19(20)25)12-11-17-18(13-23(28)30-24(15)17)16-7-3-2-4-8-16/h2-13H,14H2,1H3,(H,26,27). The molecule has 0 bridgehead atoms. The fourth-order valence-corrected chi connectivity index (χ4v) is 3.25. The molecule has 0 saturated heterocycles. The first-order valence-electron chi connectivity index (χ1n) is 9.33. The van der Waals surface area contributed by atoms with Crippen molar-refractivity contribution in [2.75, 3.05) is 11.9 Å². The molecule has 0 unspecified atom stereocenters. The first kappa shape index (κ1) is 19.4. The molecule has 4 rings (SSSR count). The van der Waals surface area contributed by atoms with Crippen molar-refractivity contribution in [3.63, 3.8) is 0 Å². The molecule has 30 heavy (non-hydrogen) atoms. The van der Waals surface area contributed by atoms with Crippen LogP contribution in [0.15, 0.2) is 82.0 Å². The third-order valence-corrected chi connectivity index (χ3v) is 4.70. The highest BCUT2D eigenvalue weighted by Crippen LogP contribution is 2.33. The fourth-order valence-electron chi connectivity index (χ4n) is 3.25. The molecule has 1 heterocycles. The number of amides is 1. The van der Waals surface area contributed by atoms with Crippen LogP contribution in [-0.4, -0.2) is 12.5 Å². The quantitative estimate of drug-likeness (QED) is 0.480. The average molecular weight is 403 g/mol. The Morgan fingerprint density at radius 3 is 2.53 bits per heavy atom. The number of carbonyl (C=O) groups excluding carboxylic acids is 1. The van der Waals surface area contributed by atoms with E-state index in [1.54, 1.807) is 25.1 Å². The fraction of sp³-hybridized carbons (Fsp3) is 0.0833. The summed E-state index contributed by atoms with van der Waals surface area (Å²) in [5.41, 5.74) is 2.26. The normalized spacial score (nSPS) is 10.7. The van der Waals surface area contributed by atoms with Gasteiger partial charge in [-0.05, 0) is 42.3 Å². The number of rotatable bonds is 5. The number of fused-ring (bicyclic) bond motifs is 1. The summed E-state index contributed by atoms with van der Waals surface area (Å²) in [7, 11) is 0. The van der Waals surface area contributed by atoms with E-state index >= 15 is 0 Å². The molecular weight excluding hydrogens is 385 g/mol. The molecule has 1 amide bonds. The number of carbonyl (C=O) groups is 1. The van der Waals surface area contributed by atoms with Gasteiger partial charge in [0.1, 0.15) is 17.1 Å². The molecule has 1 aromatic heterocycles. The number of aryl methyl sites for hydroxylation is 1. The maximum Gasteiger partial charge on any atom is 0.336 e. The topological polar surface area (TPSA) is 68.5 Å². The average Bonchev–Trinajstić information content (AvgIpc) is 2.75. The lowest BCUT2D eigenvalue weighted by molar-refractivity contribution is -0.118. The Balaban J connectivity index is 1.60. The summed E-state index contributed by atoms with van der Waals surface area (Å²) in [6.07, 6.45) is 0. The second-order valence-corrected chi connectivity index (χ2v) is 6.73. The summed E-state index contributed by atoms with van der Waals surface area (Å²) in [5.74, 6) is -0.624. The minimum absolute atomic E-state index is 0.0832. The van der Waals surface area contributed by atoms with Gasteiger partial charge in [0, 0.05) is 17.0 Å². The lowest BCUT2D eigenvalue weighted by Gasteiger charge is -2.13. The predicted octanol–water partition coefficient (Wildman–Crippen LogP) is 4.93. The molecule has 5 nitrogen and oxygen atoms in total. The Hall–Kier alpha value is -3.93. The maximum absolute atomic E-state index is 13.7. The van der Waals surface area contributed by atoms with Crippen LogP contribution in [0.4, 0.5) is 10.1 Å². The Bertz CT molecular complexity index is 1280. The molecule has 3 aromatic carbocycles. The summed E-state index contributed by atoms with van der Waals surface area (Å²) in [4.78, 5) is 24.3. The molecule has 0 fully saturated rings. The molecule has 1 N–H and O–H groups in total. The van der Waals surface area contributed by atoms with Crippen LogP contribution in [0, 0.1) is 12.7 Å². The Morgan fingerprint density at radius 1 is 1.03 bits per heavy atom. The van der Waals surface area contributed by atoms with Crippen LogP contribution in [0.3, 0.4) is 0 Å². The number of hydrogen-bond donors (Lipinski definition) is 1. The van der Waals surface area contributed by atoms with Gasteiger partial charge in [-0.2, -0.15) is 0 Å². The number of anilines is 1. The highest BCUT2D eigenvalue weighted by molar-refractivity contribution is 5.96. The van der Waals surface area contributed by atoms with Gasteiger partial charge in [-0.15, -0.1) is 0 Å². The number of halogens is 1. The van der Waals surface area contributed by atoms with E-state index in [9.17, 15) is 14.0 Å². The zero-order valence-electron chi connectivity index (χ0n) is 16.1. The van der Waals surface area contributed by atoms with Gasteiger partial charge < -0.3 is 14.5 Å². The monoisotopic (exact) mass is 403 g/mol. The first-order valence-corrected chi connectivity index (χ1v) is 9.33. The van der Waals surface area contributed by atoms with Gasteiger partial charge >= 0.3 is 5.63 Å². The van der Waals surface area contributed by atoms with Crippen molar-refractivity contribution in [1.82, 2.24) is 0 Å². The summed E-state index contributed by atoms with van der Waals surface area (Å²) in [5, 5.41) is 3.23. The van der Waals surface area contributed by atoms with Crippen molar-refractivity contribution in [1.29, 1.82) is 0 Å². The molecular formula is C24H18FNO4. The number of benzene rings is 3. The van der Waals surface area contributed by atoms with E-state index in [4.69, 9.17) is 9.15 Å². The van der Waals surface area contributed by atoms with Crippen LogP contribution in [0.25, 0.3) is 22.1 Å². The van der Waals surface area contributed by atoms with Crippen molar-refractivity contribution < 1.29 is 18.3 Å². The number of ether oxygens (including phenoxy) is 1. The maximum atomic E-state index is 13.7. The second-order valence-electron chi connectivity index (χ2n) is 6.73. The number of hydrogen-bond acceptors (Lipinski definition) is 4. The first-order chi connectivity index (χ1) is 14.5. The molecule has 0 spiro atoms. The molecule has 0 aliphatic heterocycles. The van der Waals surface area contributed by atoms with Gasteiger partial charge in [0.15, 0.2) is 6.61 Å². The third-order valence-electron chi connectivity index (χ3n) is 4.70. The SMILES string of the molecule is Cc1c(OCC(=O)Nc2ccccc2F)ccc2c(-c3ccccc3)cc(=O)oc12. The lowest BCUT2D eigenvalue weighted by Crippen LogP contribution is -2.21. The van der Waals surface area contributed by atoms with Gasteiger partial charge in [0.2, 0.25) is 0 Å². The van der Waals surface area contributed by atoms with E-state index in [-0.39, 0.29) is 12.3 Å². The largest absolute Gasteiger partial charge is 0.483 e. The van der Waals surface area contributed by atoms with Crippen LogP contribution in [0.5, 0.6) is 5.75 Å². The van der Waals surface area contributed by atoms with Gasteiger partial charge in [-0.1, -0.05) is 42.5 Å². The molecule has 0 aliphatic rings. The summed E-state index contributed by atoms with van der Waals surface area (Å²) in [6, 6.07) is 20.4. The molecule has 4 aromatic rings. The van der Waals surface area contributed by atoms with Crippen molar-refractivity contribution in [3.05, 3.63) is 94.6 Å². The van der Waals surface area contributed by atoms with Crippen molar-refractivity contribution >= 4 is 22.6 Å². The molecule has 0 saturated carbocycles. The van der Waals surface area contributed by atoms with E-state index in [1.165, 1.54) is 24.3 Å². The lowest BCUT2D eigenvalue weighted by atomic mass is 10.0. The van der Waals surface area contributed by atoms with Crippen LogP contribution in [0.1, 0.15) is 5.56 Å². The highest BCUT2D eigenvalue weighted by Gasteiger charge is 2.14. The smallest absolute Gasteiger partial charge is 0.336 e. The minimum Gasteiger partial charge on any atom is -0.483 e. The van der Waals surface area contributed by atoms with E-state index in [2.05, 4.69) is 5.32 Å². The van der Waals surface area contributed by atoms with Gasteiger partial charge in [0.05, 0.1) is 5.69 Å². The molecule has 6 heteroatoms. The van der Waals surface area contributed by atoms with E-state index in [1.807, 2.05) is 30.3 Å². The van der Waals surface area contributed by atoms with E-state index < -0.39 is 17.3 Å². The van der Waals surface area contributed by atoms with Crippen molar-refractivity contribution in [3.8, 4) is 16.9 Å². The predicted molar refractivity (Wildman–Crippen MR) is 113 cm³/mol. The van der Waals surface area contributed by atoms with Gasteiger partial charge in [-0.25, -0.2) is 9.18 Å².